The second-order valence-electron chi connectivity index (χ2n) is 9.12. The number of carbonyl (C=O) groups is 1. The molecule has 1 N–H and O–H groups in total. The van der Waals surface area contributed by atoms with Gasteiger partial charge in [-0.15, -0.1) is 0 Å². The molecular weight excluding hydrogens is 432 g/mol. The molecule has 1 aromatic carbocycles. The highest BCUT2D eigenvalue weighted by molar-refractivity contribution is 7.89. The molecule has 4 atom stereocenters. The van der Waals surface area contributed by atoms with Crippen molar-refractivity contribution >= 4 is 15.9 Å². The lowest BCUT2D eigenvalue weighted by Gasteiger charge is -2.44. The van der Waals surface area contributed by atoms with E-state index < -0.39 is 28.3 Å². The van der Waals surface area contributed by atoms with Gasteiger partial charge in [-0.1, -0.05) is 18.2 Å². The monoisotopic (exact) mass is 466 g/mol. The minimum Gasteiger partial charge on any atom is -0.389 e. The Labute approximate surface area is 190 Å². The second kappa shape index (κ2) is 10.2. The molecule has 178 valence electrons. The lowest BCUT2D eigenvalue weighted by molar-refractivity contribution is -0.152. The normalized spacial score (nSPS) is 30.2. The molecule has 8 nitrogen and oxygen atoms in total. The number of β-amino-alcohol motifs (C(OH)–C–C–N with tert-alkyl or cyclic N) is 1. The number of nitrogens with zero attached hydrogens (tertiary/aromatic N) is 2. The maximum Gasteiger partial charge on any atom is 0.243 e. The number of rotatable bonds is 4. The van der Waals surface area contributed by atoms with E-state index in [1.807, 2.05) is 4.90 Å². The van der Waals surface area contributed by atoms with Gasteiger partial charge in [-0.05, 0) is 50.7 Å². The third kappa shape index (κ3) is 5.17. The van der Waals surface area contributed by atoms with Crippen molar-refractivity contribution in [2.75, 3.05) is 32.8 Å². The Morgan fingerprint density at radius 2 is 1.88 bits per heavy atom. The highest BCUT2D eigenvalue weighted by Crippen LogP contribution is 2.32. The molecule has 0 aliphatic carbocycles. The molecule has 3 aliphatic rings. The van der Waals surface area contributed by atoms with Crippen LogP contribution in [0.4, 0.5) is 0 Å². The standard InChI is InChI=1S/C23H34N2O6S/c1-17-7-3-4-8-22(17)32(28,29)25-14-18(26)15-30-16-21-20(25)10-9-19(31-21)13-23(27)24-11-5-2-6-12-24/h3-4,7-8,18-21,26H,2,5-6,9-16H2,1H3/t18-,19-,20-,21+/m0/s1. The zero-order valence-electron chi connectivity index (χ0n) is 18.7. The average Bonchev–Trinajstić information content (AvgIpc) is 2.77. The zero-order valence-corrected chi connectivity index (χ0v) is 19.5. The van der Waals surface area contributed by atoms with E-state index in [1.165, 1.54) is 10.7 Å². The summed E-state index contributed by atoms with van der Waals surface area (Å²) in [5, 5.41) is 10.3. The number of benzene rings is 1. The van der Waals surface area contributed by atoms with Crippen LogP contribution < -0.4 is 0 Å². The van der Waals surface area contributed by atoms with E-state index >= 15 is 0 Å². The maximum atomic E-state index is 13.6. The van der Waals surface area contributed by atoms with Crippen LogP contribution in [0, 0.1) is 6.92 Å². The lowest BCUT2D eigenvalue weighted by Crippen LogP contribution is -2.57. The summed E-state index contributed by atoms with van der Waals surface area (Å²) < 4.78 is 40.5. The number of hydrogen-bond acceptors (Lipinski definition) is 6. The van der Waals surface area contributed by atoms with Crippen molar-refractivity contribution in [2.45, 2.75) is 74.7 Å². The molecule has 32 heavy (non-hydrogen) atoms. The third-order valence-electron chi connectivity index (χ3n) is 6.73. The van der Waals surface area contributed by atoms with Crippen LogP contribution in [0.15, 0.2) is 29.2 Å². The minimum atomic E-state index is -3.83. The molecular formula is C23H34N2O6S. The number of likely N-dealkylation sites (tertiary alicyclic amines) is 1. The SMILES string of the molecule is Cc1ccccc1S(=O)(=O)N1C[C@H](O)COC[C@H]2O[C@H](CC(=O)N3CCCCC3)CC[C@@H]21. The van der Waals surface area contributed by atoms with E-state index in [4.69, 9.17) is 9.47 Å². The van der Waals surface area contributed by atoms with Gasteiger partial charge in [0.25, 0.3) is 0 Å². The van der Waals surface area contributed by atoms with E-state index in [0.29, 0.717) is 24.8 Å². The van der Waals surface area contributed by atoms with E-state index in [9.17, 15) is 18.3 Å². The summed E-state index contributed by atoms with van der Waals surface area (Å²) >= 11 is 0. The lowest BCUT2D eigenvalue weighted by atomic mass is 9.96. The van der Waals surface area contributed by atoms with Crippen molar-refractivity contribution in [2.24, 2.45) is 0 Å². The summed E-state index contributed by atoms with van der Waals surface area (Å²) in [7, 11) is -3.83. The molecule has 0 unspecified atom stereocenters. The Balaban J connectivity index is 1.51. The quantitative estimate of drug-likeness (QED) is 0.726. The summed E-state index contributed by atoms with van der Waals surface area (Å²) in [6, 6.07) is 6.44. The molecule has 0 radical (unpaired) electrons. The number of piperidine rings is 1. The van der Waals surface area contributed by atoms with Gasteiger partial charge in [0.2, 0.25) is 15.9 Å². The Morgan fingerprint density at radius 3 is 2.62 bits per heavy atom. The topological polar surface area (TPSA) is 96.4 Å². The highest BCUT2D eigenvalue weighted by atomic mass is 32.2. The van der Waals surface area contributed by atoms with Gasteiger partial charge in [-0.3, -0.25) is 4.79 Å². The number of amides is 1. The van der Waals surface area contributed by atoms with Crippen LogP contribution in [0.2, 0.25) is 0 Å². The van der Waals surface area contributed by atoms with Crippen LogP contribution in [-0.2, 0) is 24.3 Å². The van der Waals surface area contributed by atoms with Gasteiger partial charge in [0.1, 0.15) is 0 Å². The van der Waals surface area contributed by atoms with Crippen LogP contribution >= 0.6 is 0 Å². The predicted molar refractivity (Wildman–Crippen MR) is 119 cm³/mol. The van der Waals surface area contributed by atoms with E-state index in [2.05, 4.69) is 0 Å². The number of aliphatic hydroxyl groups is 1. The van der Waals surface area contributed by atoms with Crippen LogP contribution in [0.3, 0.4) is 0 Å². The molecule has 3 heterocycles. The Morgan fingerprint density at radius 1 is 1.12 bits per heavy atom. The largest absolute Gasteiger partial charge is 0.389 e. The number of ether oxygens (including phenoxy) is 2. The van der Waals surface area contributed by atoms with Crippen molar-refractivity contribution in [1.29, 1.82) is 0 Å². The van der Waals surface area contributed by atoms with Gasteiger partial charge in [0.15, 0.2) is 0 Å². The molecule has 0 aromatic heterocycles. The van der Waals surface area contributed by atoms with Crippen molar-refractivity contribution in [3.8, 4) is 0 Å². The number of sulfonamides is 1. The van der Waals surface area contributed by atoms with Crippen molar-refractivity contribution < 1.29 is 27.8 Å². The molecule has 3 fully saturated rings. The van der Waals surface area contributed by atoms with Gasteiger partial charge in [0, 0.05) is 19.6 Å². The fraction of sp³-hybridized carbons (Fsp3) is 0.696. The first-order chi connectivity index (χ1) is 15.4. The fourth-order valence-corrected chi connectivity index (χ4v) is 6.95. The number of fused-ring (bicyclic) bond motifs is 1. The Hall–Kier alpha value is -1.52. The summed E-state index contributed by atoms with van der Waals surface area (Å²) in [5.41, 5.74) is 0.665. The summed E-state index contributed by atoms with van der Waals surface area (Å²) in [6.45, 7) is 3.58. The first-order valence-electron chi connectivity index (χ1n) is 11.6. The first kappa shape index (κ1) is 23.6. The fourth-order valence-electron chi connectivity index (χ4n) is 5.01. The van der Waals surface area contributed by atoms with Gasteiger partial charge in [0.05, 0.1) is 48.9 Å². The Bertz CT molecular complexity index is 902. The van der Waals surface area contributed by atoms with E-state index in [1.54, 1.807) is 31.2 Å². The van der Waals surface area contributed by atoms with Gasteiger partial charge in [-0.2, -0.15) is 4.31 Å². The van der Waals surface area contributed by atoms with Gasteiger partial charge >= 0.3 is 0 Å². The number of hydrogen-bond donors (Lipinski definition) is 1. The van der Waals surface area contributed by atoms with E-state index in [0.717, 1.165) is 25.9 Å². The molecule has 3 aliphatic heterocycles. The van der Waals surface area contributed by atoms with Crippen molar-refractivity contribution in [1.82, 2.24) is 9.21 Å². The second-order valence-corrected chi connectivity index (χ2v) is 11.0. The van der Waals surface area contributed by atoms with Crippen LogP contribution in [0.25, 0.3) is 0 Å². The predicted octanol–water partition coefficient (Wildman–Crippen LogP) is 1.70. The molecule has 3 saturated heterocycles. The van der Waals surface area contributed by atoms with E-state index in [-0.39, 0.29) is 36.7 Å². The van der Waals surface area contributed by atoms with Crippen molar-refractivity contribution in [3.63, 3.8) is 0 Å². The van der Waals surface area contributed by atoms with Crippen LogP contribution in [0.1, 0.15) is 44.1 Å². The number of carbonyl (C=O) groups excluding carboxylic acids is 1. The molecule has 0 saturated carbocycles. The molecule has 4 rings (SSSR count). The molecule has 0 spiro atoms. The highest BCUT2D eigenvalue weighted by Gasteiger charge is 2.43. The molecule has 0 bridgehead atoms. The van der Waals surface area contributed by atoms with Crippen LogP contribution in [0.5, 0.6) is 0 Å². The third-order valence-corrected chi connectivity index (χ3v) is 8.78. The van der Waals surface area contributed by atoms with Gasteiger partial charge in [-0.25, -0.2) is 8.42 Å². The molecule has 1 aromatic rings. The summed E-state index contributed by atoms with van der Waals surface area (Å²) in [6.07, 6.45) is 3.09. The average molecular weight is 467 g/mol. The summed E-state index contributed by atoms with van der Waals surface area (Å²) in [5.74, 6) is 0.111. The zero-order chi connectivity index (χ0) is 22.7. The molecule has 1 amide bonds. The maximum absolute atomic E-state index is 13.6. The number of aliphatic hydroxyl groups excluding tert-OH is 1. The number of aryl methyl sites for hydroxylation is 1. The Kier molecular flexibility index (Phi) is 7.51. The van der Waals surface area contributed by atoms with Crippen LogP contribution in [-0.4, -0.2) is 85.8 Å². The first-order valence-corrected chi connectivity index (χ1v) is 13.1. The minimum absolute atomic E-state index is 0.0431. The smallest absolute Gasteiger partial charge is 0.243 e. The molecule has 9 heteroatoms. The summed E-state index contributed by atoms with van der Waals surface area (Å²) in [4.78, 5) is 14.9. The van der Waals surface area contributed by atoms with Crippen molar-refractivity contribution in [3.05, 3.63) is 29.8 Å². The van der Waals surface area contributed by atoms with Gasteiger partial charge < -0.3 is 19.5 Å².